The minimum atomic E-state index is -2.47. The van der Waals surface area contributed by atoms with Crippen LogP contribution in [0.5, 0.6) is 0 Å². The van der Waals surface area contributed by atoms with Crippen LogP contribution in [-0.2, 0) is 14.1 Å². The molecule has 164 valence electrons. The summed E-state index contributed by atoms with van der Waals surface area (Å²) in [6.07, 6.45) is 15.5. The van der Waals surface area contributed by atoms with E-state index in [1.54, 1.807) is 0 Å². The van der Waals surface area contributed by atoms with E-state index in [-0.39, 0.29) is 12.1 Å². The fraction of sp³-hybridized carbons (Fsp3) is 0.957. The van der Waals surface area contributed by atoms with Gasteiger partial charge in [0.1, 0.15) is 0 Å². The summed E-state index contributed by atoms with van der Waals surface area (Å²) in [6, 6.07) is 0. The zero-order valence-corrected chi connectivity index (χ0v) is 20.3. The third-order valence-electron chi connectivity index (χ3n) is 5.88. The standard InChI is InChI=1S/C23H49O3P/c1-7-12-18-27(19-13-8-2,20-14-9-3,21-15-10-4)26-23(24)17-16-22(6)25-11-5/h22H,7-21H2,1-6H3. The number of hydrogen-bond donors (Lipinski definition) is 0. The summed E-state index contributed by atoms with van der Waals surface area (Å²) in [4.78, 5) is 13.0. The van der Waals surface area contributed by atoms with Crippen molar-refractivity contribution in [2.75, 3.05) is 31.3 Å². The van der Waals surface area contributed by atoms with Gasteiger partial charge in [-0.3, -0.25) is 0 Å². The van der Waals surface area contributed by atoms with Crippen molar-refractivity contribution in [3.05, 3.63) is 0 Å². The van der Waals surface area contributed by atoms with E-state index in [9.17, 15) is 4.79 Å². The van der Waals surface area contributed by atoms with Gasteiger partial charge in [-0.2, -0.15) is 0 Å². The second-order valence-electron chi connectivity index (χ2n) is 8.43. The monoisotopic (exact) mass is 404 g/mol. The Morgan fingerprint density at radius 3 is 1.52 bits per heavy atom. The van der Waals surface area contributed by atoms with Gasteiger partial charge in [0.15, 0.2) is 0 Å². The first-order chi connectivity index (χ1) is 12.9. The summed E-state index contributed by atoms with van der Waals surface area (Å²) in [5.74, 6) is 0.0404. The molecular weight excluding hydrogens is 355 g/mol. The van der Waals surface area contributed by atoms with Crippen LogP contribution in [0, 0.1) is 0 Å². The molecule has 1 unspecified atom stereocenters. The Morgan fingerprint density at radius 1 is 0.778 bits per heavy atom. The van der Waals surface area contributed by atoms with Crippen molar-refractivity contribution in [1.29, 1.82) is 0 Å². The summed E-state index contributed by atoms with van der Waals surface area (Å²) < 4.78 is 12.3. The van der Waals surface area contributed by atoms with Crippen molar-refractivity contribution in [3.63, 3.8) is 0 Å². The first kappa shape index (κ1) is 26.9. The molecular formula is C23H49O3P. The van der Waals surface area contributed by atoms with Crippen molar-refractivity contribution < 1.29 is 14.1 Å². The van der Waals surface area contributed by atoms with E-state index in [0.29, 0.717) is 13.0 Å². The van der Waals surface area contributed by atoms with Crippen LogP contribution < -0.4 is 0 Å². The molecule has 0 bridgehead atoms. The zero-order chi connectivity index (χ0) is 20.6. The van der Waals surface area contributed by atoms with Crippen LogP contribution in [0.2, 0.25) is 0 Å². The molecule has 3 nitrogen and oxygen atoms in total. The third kappa shape index (κ3) is 10.3. The summed E-state index contributed by atoms with van der Waals surface area (Å²) in [5, 5.41) is 0. The number of carbonyl (C=O) groups excluding carboxylic acids is 1. The molecule has 0 spiro atoms. The normalized spacial score (nSPS) is 14.5. The molecule has 0 aliphatic carbocycles. The van der Waals surface area contributed by atoms with Gasteiger partial charge >= 0.3 is 170 Å². The Bertz CT molecular complexity index is 340. The SMILES string of the molecule is CCCCP(CCCC)(CCCC)(CCCC)OC(=O)CCC(C)OCC. The van der Waals surface area contributed by atoms with Crippen LogP contribution in [-0.4, -0.2) is 43.3 Å². The Labute approximate surface area is 170 Å². The van der Waals surface area contributed by atoms with Crippen LogP contribution in [0.15, 0.2) is 0 Å². The van der Waals surface area contributed by atoms with Crippen molar-refractivity contribution >= 4 is 12.8 Å². The van der Waals surface area contributed by atoms with E-state index in [4.69, 9.17) is 9.26 Å². The van der Waals surface area contributed by atoms with Crippen LogP contribution >= 0.6 is 6.83 Å². The second kappa shape index (κ2) is 14.8. The maximum absolute atomic E-state index is 13.0. The van der Waals surface area contributed by atoms with E-state index >= 15 is 0 Å². The van der Waals surface area contributed by atoms with Crippen molar-refractivity contribution in [2.45, 2.75) is 112 Å². The fourth-order valence-corrected chi connectivity index (χ4v) is 10.9. The molecule has 0 amide bonds. The van der Waals surface area contributed by atoms with Gasteiger partial charge in [0, 0.05) is 0 Å². The van der Waals surface area contributed by atoms with Gasteiger partial charge in [-0.1, -0.05) is 0 Å². The molecule has 4 heteroatoms. The fourth-order valence-electron chi connectivity index (χ4n) is 4.11. The van der Waals surface area contributed by atoms with Gasteiger partial charge in [-0.25, -0.2) is 0 Å². The third-order valence-corrected chi connectivity index (χ3v) is 12.4. The molecule has 0 aliphatic heterocycles. The topological polar surface area (TPSA) is 35.5 Å². The van der Waals surface area contributed by atoms with Crippen molar-refractivity contribution in [3.8, 4) is 0 Å². The molecule has 1 atom stereocenters. The maximum atomic E-state index is 13.0. The van der Waals surface area contributed by atoms with Gasteiger partial charge in [-0.15, -0.1) is 0 Å². The predicted octanol–water partition coefficient (Wildman–Crippen LogP) is 7.40. The zero-order valence-electron chi connectivity index (χ0n) is 19.4. The first-order valence-corrected chi connectivity index (χ1v) is 14.6. The van der Waals surface area contributed by atoms with E-state index in [0.717, 1.165) is 31.1 Å². The average Bonchev–Trinajstić information content (AvgIpc) is 2.67. The molecule has 0 N–H and O–H groups in total. The molecule has 0 aromatic rings. The van der Waals surface area contributed by atoms with Gasteiger partial charge in [-0.05, 0) is 0 Å². The van der Waals surface area contributed by atoms with Gasteiger partial charge in [0.25, 0.3) is 0 Å². The van der Waals surface area contributed by atoms with E-state index in [2.05, 4.69) is 34.6 Å². The van der Waals surface area contributed by atoms with Crippen LogP contribution in [0.3, 0.4) is 0 Å². The van der Waals surface area contributed by atoms with Gasteiger partial charge in [0.05, 0.1) is 0 Å². The Balaban J connectivity index is 5.51. The number of hydrogen-bond acceptors (Lipinski definition) is 3. The van der Waals surface area contributed by atoms with Crippen LogP contribution in [0.1, 0.15) is 106 Å². The molecule has 0 aliphatic rings. The minimum absolute atomic E-state index is 0.0404. The Morgan fingerprint density at radius 2 is 1.19 bits per heavy atom. The molecule has 0 saturated heterocycles. The molecule has 0 aromatic heterocycles. The van der Waals surface area contributed by atoms with E-state index < -0.39 is 6.83 Å². The number of carbonyl (C=O) groups is 1. The summed E-state index contributed by atoms with van der Waals surface area (Å²) in [7, 11) is 0. The average molecular weight is 405 g/mol. The molecule has 0 heterocycles. The summed E-state index contributed by atoms with van der Waals surface area (Å²) in [6.45, 7) is 11.3. The Hall–Kier alpha value is -0.140. The van der Waals surface area contributed by atoms with Crippen molar-refractivity contribution in [1.82, 2.24) is 0 Å². The van der Waals surface area contributed by atoms with Gasteiger partial charge < -0.3 is 0 Å². The molecule has 0 aromatic carbocycles. The van der Waals surface area contributed by atoms with Crippen molar-refractivity contribution in [2.24, 2.45) is 0 Å². The Kier molecular flexibility index (Phi) is 14.7. The summed E-state index contributed by atoms with van der Waals surface area (Å²) in [5.41, 5.74) is 0. The molecule has 0 radical (unpaired) electrons. The molecule has 0 saturated carbocycles. The van der Waals surface area contributed by atoms with E-state index in [1.165, 1.54) is 51.4 Å². The number of rotatable bonds is 18. The first-order valence-electron chi connectivity index (χ1n) is 11.8. The summed E-state index contributed by atoms with van der Waals surface area (Å²) >= 11 is 0. The molecule has 0 fully saturated rings. The second-order valence-corrected chi connectivity index (χ2v) is 14.1. The predicted molar refractivity (Wildman–Crippen MR) is 122 cm³/mol. The number of unbranched alkanes of at least 4 members (excludes halogenated alkanes) is 4. The molecule has 0 rings (SSSR count). The van der Waals surface area contributed by atoms with E-state index in [1.807, 2.05) is 6.92 Å². The van der Waals surface area contributed by atoms with Crippen LogP contribution in [0.4, 0.5) is 0 Å². The van der Waals surface area contributed by atoms with Gasteiger partial charge in [0.2, 0.25) is 0 Å². The van der Waals surface area contributed by atoms with Crippen LogP contribution in [0.25, 0.3) is 0 Å². The molecule has 27 heavy (non-hydrogen) atoms. The number of ether oxygens (including phenoxy) is 1. The quantitative estimate of drug-likeness (QED) is 0.223.